The maximum atomic E-state index is 11.7. The van der Waals surface area contributed by atoms with Gasteiger partial charge in [-0.3, -0.25) is 9.78 Å². The first-order valence-electron chi connectivity index (χ1n) is 11.5. The maximum absolute atomic E-state index is 11.7. The van der Waals surface area contributed by atoms with Crippen LogP contribution >= 0.6 is 0 Å². The molecule has 4 nitrogen and oxygen atoms in total. The molecule has 3 aromatic heterocycles. The lowest BCUT2D eigenvalue weighted by atomic mass is 10.0. The summed E-state index contributed by atoms with van der Waals surface area (Å²) in [6, 6.07) is 8.10. The SMILES string of the molecule is C1CCCCC1.C=Cc1ccc2c(n1)CC=C2c1ccn2ncc(C(C)=O)c2c1.CC(F)F.[HH]. The highest BCUT2D eigenvalue weighted by Crippen LogP contribution is 2.32. The third-order valence-electron chi connectivity index (χ3n) is 5.71. The topological polar surface area (TPSA) is 47.3 Å². The third-order valence-corrected chi connectivity index (χ3v) is 5.71. The Kier molecular flexibility index (Phi) is 8.64. The Balaban J connectivity index is 0.000000312. The van der Waals surface area contributed by atoms with Gasteiger partial charge in [-0.15, -0.1) is 0 Å². The predicted molar refractivity (Wildman–Crippen MR) is 132 cm³/mol. The van der Waals surface area contributed by atoms with E-state index in [1.807, 2.05) is 24.4 Å². The minimum Gasteiger partial charge on any atom is -0.294 e. The minimum absolute atomic E-state index is 0. The fraction of sp³-hybridized carbons (Fsp3) is 0.370. The first kappa shape index (κ1) is 24.5. The Hall–Kier alpha value is -3.15. The fourth-order valence-electron chi connectivity index (χ4n) is 4.09. The summed E-state index contributed by atoms with van der Waals surface area (Å²) in [6.07, 6.45) is 15.1. The fourth-order valence-corrected chi connectivity index (χ4v) is 4.09. The van der Waals surface area contributed by atoms with E-state index in [4.69, 9.17) is 0 Å². The number of halogens is 2. The number of fused-ring (bicyclic) bond motifs is 2. The normalized spacial score (nSPS) is 14.5. The van der Waals surface area contributed by atoms with Gasteiger partial charge < -0.3 is 0 Å². The summed E-state index contributed by atoms with van der Waals surface area (Å²) in [6.45, 7) is 6.16. The number of carbonyl (C=O) groups excluding carboxylic acids is 1. The van der Waals surface area contributed by atoms with E-state index in [0.29, 0.717) is 5.56 Å². The van der Waals surface area contributed by atoms with E-state index in [0.717, 1.165) is 46.9 Å². The lowest BCUT2D eigenvalue weighted by Crippen LogP contribution is -1.95. The molecule has 33 heavy (non-hydrogen) atoms. The van der Waals surface area contributed by atoms with Gasteiger partial charge in [-0.2, -0.15) is 5.10 Å². The molecule has 2 aliphatic rings. The van der Waals surface area contributed by atoms with Crippen LogP contribution in [0.25, 0.3) is 17.2 Å². The van der Waals surface area contributed by atoms with Crippen LogP contribution in [0.15, 0.2) is 49.3 Å². The standard InChI is InChI=1S/C19H15N3O.C6H12.C2H4F2.H2/c1-3-14-4-5-16-15(6-7-18(16)21-14)13-8-9-22-19(10-13)17(11-20-22)12(2)23;1-2-4-6-5-3-1;1-2(3)4;/h3-6,8-11H,1,7H2,2H3;1-6H2;2H,1H3;1H. The van der Waals surface area contributed by atoms with Gasteiger partial charge in [0, 0.05) is 19.6 Å². The van der Waals surface area contributed by atoms with E-state index < -0.39 is 6.43 Å². The minimum atomic E-state index is -2.17. The van der Waals surface area contributed by atoms with Crippen molar-refractivity contribution in [3.63, 3.8) is 0 Å². The monoisotopic (exact) mass is 453 g/mol. The average Bonchev–Trinajstić information content (AvgIpc) is 3.43. The van der Waals surface area contributed by atoms with Crippen molar-refractivity contribution in [3.05, 3.63) is 77.4 Å². The van der Waals surface area contributed by atoms with Gasteiger partial charge in [-0.25, -0.2) is 13.3 Å². The van der Waals surface area contributed by atoms with Gasteiger partial charge in [-0.1, -0.05) is 57.2 Å². The molecule has 2 aliphatic carbocycles. The number of Topliss-reactive ketones (excluding diaryl/α,β-unsaturated/α-hetero) is 1. The molecule has 1 fully saturated rings. The van der Waals surface area contributed by atoms with Crippen molar-refractivity contribution < 1.29 is 15.0 Å². The van der Waals surface area contributed by atoms with Crippen molar-refractivity contribution in [2.45, 2.75) is 65.2 Å². The number of aromatic nitrogens is 3. The Labute approximate surface area is 195 Å². The van der Waals surface area contributed by atoms with E-state index in [2.05, 4.69) is 28.8 Å². The summed E-state index contributed by atoms with van der Waals surface area (Å²) in [7, 11) is 0. The van der Waals surface area contributed by atoms with E-state index in [1.165, 1.54) is 38.5 Å². The van der Waals surface area contributed by atoms with Crippen LogP contribution < -0.4 is 0 Å². The molecule has 5 rings (SSSR count). The molecular formula is C27H33F2N3O. The Morgan fingerprint density at radius 3 is 2.36 bits per heavy atom. The molecule has 6 heteroatoms. The largest absolute Gasteiger partial charge is 0.294 e. The highest BCUT2D eigenvalue weighted by molar-refractivity contribution is 6.01. The van der Waals surface area contributed by atoms with Crippen LogP contribution in [0.1, 0.15) is 86.7 Å². The Morgan fingerprint density at radius 1 is 1.15 bits per heavy atom. The number of hydrogen-bond acceptors (Lipinski definition) is 3. The molecule has 3 aromatic rings. The molecule has 0 bridgehead atoms. The molecule has 0 aliphatic heterocycles. The van der Waals surface area contributed by atoms with E-state index >= 15 is 0 Å². The molecule has 0 saturated heterocycles. The predicted octanol–water partition coefficient (Wildman–Crippen LogP) is 7.42. The number of allylic oxidation sites excluding steroid dienone is 1. The zero-order chi connectivity index (χ0) is 23.8. The van der Waals surface area contributed by atoms with Crippen LogP contribution in [0, 0.1) is 0 Å². The maximum Gasteiger partial charge on any atom is 0.235 e. The number of rotatable bonds is 3. The molecule has 0 aromatic carbocycles. The van der Waals surface area contributed by atoms with Crippen molar-refractivity contribution in [3.8, 4) is 0 Å². The van der Waals surface area contributed by atoms with E-state index in [9.17, 15) is 13.6 Å². The molecule has 3 heterocycles. The van der Waals surface area contributed by atoms with Crippen LogP contribution in [-0.2, 0) is 6.42 Å². The first-order valence-corrected chi connectivity index (χ1v) is 11.5. The van der Waals surface area contributed by atoms with Crippen LogP contribution in [0.5, 0.6) is 0 Å². The molecule has 0 unspecified atom stereocenters. The summed E-state index contributed by atoms with van der Waals surface area (Å²) >= 11 is 0. The number of carbonyl (C=O) groups is 1. The van der Waals surface area contributed by atoms with Crippen molar-refractivity contribution in [2.24, 2.45) is 0 Å². The second kappa shape index (κ2) is 11.6. The van der Waals surface area contributed by atoms with Gasteiger partial charge in [0.25, 0.3) is 0 Å². The molecule has 0 atom stereocenters. The second-order valence-electron chi connectivity index (χ2n) is 8.26. The van der Waals surface area contributed by atoms with Crippen LogP contribution in [0.2, 0.25) is 0 Å². The van der Waals surface area contributed by atoms with Gasteiger partial charge in [0.15, 0.2) is 5.78 Å². The van der Waals surface area contributed by atoms with Gasteiger partial charge in [0.1, 0.15) is 0 Å². The molecule has 1 saturated carbocycles. The van der Waals surface area contributed by atoms with Crippen molar-refractivity contribution in [2.75, 3.05) is 0 Å². The summed E-state index contributed by atoms with van der Waals surface area (Å²) in [5, 5.41) is 4.23. The summed E-state index contributed by atoms with van der Waals surface area (Å²) < 4.78 is 22.4. The highest BCUT2D eigenvalue weighted by Gasteiger charge is 2.18. The Morgan fingerprint density at radius 2 is 1.79 bits per heavy atom. The summed E-state index contributed by atoms with van der Waals surface area (Å²) in [5.41, 5.74) is 6.81. The number of nitrogens with zero attached hydrogens (tertiary/aromatic N) is 3. The number of ketones is 1. The quantitative estimate of drug-likeness (QED) is 0.388. The number of hydrogen-bond donors (Lipinski definition) is 0. The van der Waals surface area contributed by atoms with Gasteiger partial charge in [-0.05, 0) is 49.3 Å². The average molecular weight is 454 g/mol. The van der Waals surface area contributed by atoms with E-state index in [1.54, 1.807) is 23.7 Å². The Bertz CT molecular complexity index is 1140. The van der Waals surface area contributed by atoms with Crippen LogP contribution in [-0.4, -0.2) is 26.8 Å². The molecule has 0 radical (unpaired) electrons. The smallest absolute Gasteiger partial charge is 0.235 e. The van der Waals surface area contributed by atoms with Crippen molar-refractivity contribution >= 4 is 22.9 Å². The van der Waals surface area contributed by atoms with E-state index in [-0.39, 0.29) is 7.21 Å². The summed E-state index contributed by atoms with van der Waals surface area (Å²) in [4.78, 5) is 16.3. The highest BCUT2D eigenvalue weighted by atomic mass is 19.3. The van der Waals surface area contributed by atoms with Gasteiger partial charge >= 0.3 is 0 Å². The molecule has 0 N–H and O–H groups in total. The summed E-state index contributed by atoms with van der Waals surface area (Å²) in [5.74, 6) is 0.0234. The molecule has 0 spiro atoms. The lowest BCUT2D eigenvalue weighted by molar-refractivity contribution is 0.101. The van der Waals surface area contributed by atoms with Crippen LogP contribution in [0.3, 0.4) is 0 Å². The zero-order valence-electron chi connectivity index (χ0n) is 19.4. The number of pyridine rings is 2. The third kappa shape index (κ3) is 6.44. The lowest BCUT2D eigenvalue weighted by Gasteiger charge is -2.07. The second-order valence-corrected chi connectivity index (χ2v) is 8.26. The molecule has 176 valence electrons. The van der Waals surface area contributed by atoms with Gasteiger partial charge in [0.2, 0.25) is 6.43 Å². The number of alkyl halides is 2. The van der Waals surface area contributed by atoms with Crippen LogP contribution in [0.4, 0.5) is 8.78 Å². The van der Waals surface area contributed by atoms with Gasteiger partial charge in [0.05, 0.1) is 28.7 Å². The molecular weight excluding hydrogens is 420 g/mol. The molecule has 0 amide bonds. The first-order chi connectivity index (χ1) is 15.9. The van der Waals surface area contributed by atoms with Crippen molar-refractivity contribution in [1.82, 2.24) is 14.6 Å². The van der Waals surface area contributed by atoms with Crippen molar-refractivity contribution in [1.29, 1.82) is 0 Å². The zero-order valence-corrected chi connectivity index (χ0v) is 19.4.